The number of carbonyl (C=O) groups is 1. The Balaban J connectivity index is 0. The molecule has 5 heteroatoms. The van der Waals surface area contributed by atoms with Gasteiger partial charge in [-0.05, 0) is 0 Å². The Hall–Kier alpha value is -0.650. The summed E-state index contributed by atoms with van der Waals surface area (Å²) in [5, 5.41) is 19.0. The van der Waals surface area contributed by atoms with E-state index >= 15 is 0 Å². The van der Waals surface area contributed by atoms with Crippen molar-refractivity contribution in [3.8, 4) is 0 Å². The van der Waals surface area contributed by atoms with Crippen LogP contribution in [0.25, 0.3) is 0 Å². The maximum absolute atomic E-state index is 8.70. The lowest BCUT2D eigenvalue weighted by Gasteiger charge is -1.63. The standard InChI is InChI=1S/CH2O3.H2O2/c2-1-4-3;1-2/h1,3H;1-2H. The van der Waals surface area contributed by atoms with E-state index in [1.165, 1.54) is 0 Å². The van der Waals surface area contributed by atoms with E-state index in [9.17, 15) is 0 Å². The smallest absolute Gasteiger partial charge is 0.304 e. The van der Waals surface area contributed by atoms with Crippen molar-refractivity contribution in [3.63, 3.8) is 0 Å². The Morgan fingerprint density at radius 1 is 1.50 bits per heavy atom. The number of rotatable bonds is 1. The molecular formula is CH4O5. The van der Waals surface area contributed by atoms with Crippen molar-refractivity contribution in [1.29, 1.82) is 0 Å². The third-order valence-corrected chi connectivity index (χ3v) is 0.0430. The number of carbonyl (C=O) groups excluding carboxylic acids is 1. The average molecular weight is 96.0 g/mol. The van der Waals surface area contributed by atoms with E-state index in [1.54, 1.807) is 0 Å². The summed E-state index contributed by atoms with van der Waals surface area (Å²) in [7, 11) is 0. The third kappa shape index (κ3) is 151. The molecule has 0 aliphatic heterocycles. The summed E-state index contributed by atoms with van der Waals surface area (Å²) in [5.74, 6) is 0. The van der Waals surface area contributed by atoms with Crippen molar-refractivity contribution in [2.75, 3.05) is 0 Å². The van der Waals surface area contributed by atoms with Crippen molar-refractivity contribution < 1.29 is 25.5 Å². The van der Waals surface area contributed by atoms with Gasteiger partial charge in [0.05, 0.1) is 0 Å². The molecule has 0 saturated carbocycles. The molecule has 5 nitrogen and oxygen atoms in total. The van der Waals surface area contributed by atoms with E-state index in [0.29, 0.717) is 0 Å². The van der Waals surface area contributed by atoms with Gasteiger partial charge in [-0.25, -0.2) is 5.26 Å². The van der Waals surface area contributed by atoms with Gasteiger partial charge >= 0.3 is 6.47 Å². The van der Waals surface area contributed by atoms with Crippen LogP contribution in [0, 0.1) is 0 Å². The second kappa shape index (κ2) is 26.8. The van der Waals surface area contributed by atoms with Gasteiger partial charge in [-0.2, -0.15) is 0 Å². The van der Waals surface area contributed by atoms with Gasteiger partial charge in [-0.3, -0.25) is 15.3 Å². The van der Waals surface area contributed by atoms with Gasteiger partial charge in [0.25, 0.3) is 0 Å². The lowest BCUT2D eigenvalue weighted by molar-refractivity contribution is -0.217. The average Bonchev–Trinajstić information content (AvgIpc) is 1.72. The predicted molar refractivity (Wildman–Crippen MR) is 15.0 cm³/mol. The Morgan fingerprint density at radius 2 is 1.67 bits per heavy atom. The Bertz CT molecular complexity index is 17.9. The molecule has 0 aromatic heterocycles. The number of hydrogen-bond donors (Lipinski definition) is 3. The molecule has 0 amide bonds. The summed E-state index contributed by atoms with van der Waals surface area (Å²) in [6, 6.07) is 0. The molecule has 0 aromatic rings. The Morgan fingerprint density at radius 3 is 1.67 bits per heavy atom. The molecule has 0 fully saturated rings. The van der Waals surface area contributed by atoms with Crippen LogP contribution >= 0.6 is 0 Å². The highest BCUT2D eigenvalue weighted by atomic mass is 17.1. The van der Waals surface area contributed by atoms with E-state index in [4.69, 9.17) is 20.6 Å². The summed E-state index contributed by atoms with van der Waals surface area (Å²) in [5.41, 5.74) is 0. The summed E-state index contributed by atoms with van der Waals surface area (Å²) < 4.78 is 0. The van der Waals surface area contributed by atoms with E-state index < -0.39 is 0 Å². The lowest BCUT2D eigenvalue weighted by Crippen LogP contribution is -1.69. The molecule has 6 heavy (non-hydrogen) atoms. The first-order valence-electron chi connectivity index (χ1n) is 0.854. The molecule has 0 spiro atoms. The molecule has 38 valence electrons. The van der Waals surface area contributed by atoms with Gasteiger partial charge < -0.3 is 4.89 Å². The zero-order chi connectivity index (χ0) is 5.41. The minimum absolute atomic E-state index is 0.0694. The van der Waals surface area contributed by atoms with Crippen LogP contribution in [0.2, 0.25) is 0 Å². The van der Waals surface area contributed by atoms with E-state index in [-0.39, 0.29) is 6.47 Å². The fraction of sp³-hybridized carbons (Fsp3) is 0. The maximum Gasteiger partial charge on any atom is 0.330 e. The first-order valence-corrected chi connectivity index (χ1v) is 0.854. The van der Waals surface area contributed by atoms with Crippen molar-refractivity contribution >= 4 is 6.47 Å². The summed E-state index contributed by atoms with van der Waals surface area (Å²) in [6.07, 6.45) is 0. The van der Waals surface area contributed by atoms with Crippen LogP contribution < -0.4 is 0 Å². The lowest BCUT2D eigenvalue weighted by atomic mass is 11.7. The first kappa shape index (κ1) is 9.02. The fourth-order valence-corrected chi connectivity index (χ4v) is 0. The van der Waals surface area contributed by atoms with Gasteiger partial charge in [0.1, 0.15) is 0 Å². The van der Waals surface area contributed by atoms with Crippen LogP contribution in [-0.4, -0.2) is 22.2 Å². The van der Waals surface area contributed by atoms with Gasteiger partial charge in [-0.15, -0.1) is 0 Å². The molecule has 0 rings (SSSR count). The van der Waals surface area contributed by atoms with E-state index in [0.717, 1.165) is 0 Å². The summed E-state index contributed by atoms with van der Waals surface area (Å²) in [4.78, 5) is 11.6. The predicted octanol–water partition coefficient (Wildman–Crippen LogP) is -0.350. The van der Waals surface area contributed by atoms with Crippen molar-refractivity contribution in [3.05, 3.63) is 0 Å². The van der Waals surface area contributed by atoms with E-state index in [1.807, 2.05) is 0 Å². The number of hydrogen-bond acceptors (Lipinski definition) is 5. The van der Waals surface area contributed by atoms with Crippen LogP contribution in [0.4, 0.5) is 0 Å². The minimum atomic E-state index is -0.0694. The molecule has 0 heterocycles. The third-order valence-electron chi connectivity index (χ3n) is 0.0430. The second-order valence-electron chi connectivity index (χ2n) is 0.202. The molecule has 0 unspecified atom stereocenters. The summed E-state index contributed by atoms with van der Waals surface area (Å²) in [6.45, 7) is -0.0694. The molecule has 0 bridgehead atoms. The van der Waals surface area contributed by atoms with Gasteiger partial charge in [0, 0.05) is 0 Å². The van der Waals surface area contributed by atoms with Crippen molar-refractivity contribution in [2.24, 2.45) is 0 Å². The topological polar surface area (TPSA) is 87.0 Å². The maximum atomic E-state index is 8.70. The largest absolute Gasteiger partial charge is 0.330 e. The second-order valence-corrected chi connectivity index (χ2v) is 0.202. The highest BCUT2D eigenvalue weighted by Crippen LogP contribution is 1.33. The first-order chi connectivity index (χ1) is 2.91. The van der Waals surface area contributed by atoms with E-state index in [2.05, 4.69) is 4.89 Å². The highest BCUT2D eigenvalue weighted by molar-refractivity contribution is 5.35. The fourth-order valence-electron chi connectivity index (χ4n) is 0. The molecule has 0 aliphatic rings. The zero-order valence-corrected chi connectivity index (χ0v) is 2.74. The molecular weight excluding hydrogens is 92.0 g/mol. The minimum Gasteiger partial charge on any atom is -0.304 e. The zero-order valence-electron chi connectivity index (χ0n) is 2.74. The normalized spacial score (nSPS) is 4.50. The quantitative estimate of drug-likeness (QED) is 0.236. The molecule has 0 aromatic carbocycles. The molecule has 0 atom stereocenters. The van der Waals surface area contributed by atoms with Crippen LogP contribution in [0.5, 0.6) is 0 Å². The molecule has 0 aliphatic carbocycles. The van der Waals surface area contributed by atoms with Gasteiger partial charge in [-0.1, -0.05) is 0 Å². The summed E-state index contributed by atoms with van der Waals surface area (Å²) >= 11 is 0. The Kier molecular flexibility index (Phi) is 40.3. The SMILES string of the molecule is O=COO.OO. The van der Waals surface area contributed by atoms with Gasteiger partial charge in [0.15, 0.2) is 0 Å². The van der Waals surface area contributed by atoms with Crippen LogP contribution in [0.3, 0.4) is 0 Å². The van der Waals surface area contributed by atoms with Crippen LogP contribution in [0.1, 0.15) is 0 Å². The molecule has 0 saturated heterocycles. The Labute approximate surface area is 33.3 Å². The van der Waals surface area contributed by atoms with Crippen molar-refractivity contribution in [2.45, 2.75) is 0 Å². The molecule has 3 N–H and O–H groups in total. The highest BCUT2D eigenvalue weighted by Gasteiger charge is 1.47. The molecule has 0 radical (unpaired) electrons. The van der Waals surface area contributed by atoms with Crippen LogP contribution in [0.15, 0.2) is 0 Å². The monoisotopic (exact) mass is 96.0 g/mol. The van der Waals surface area contributed by atoms with Crippen LogP contribution in [-0.2, 0) is 9.68 Å². The van der Waals surface area contributed by atoms with Gasteiger partial charge in [0.2, 0.25) is 0 Å². The van der Waals surface area contributed by atoms with Crippen molar-refractivity contribution in [1.82, 2.24) is 0 Å².